The van der Waals surface area contributed by atoms with E-state index in [-0.39, 0.29) is 5.82 Å². The molecule has 0 aliphatic heterocycles. The minimum Gasteiger partial charge on any atom is -0.316 e. The van der Waals surface area contributed by atoms with Crippen molar-refractivity contribution in [3.05, 3.63) is 72.0 Å². The Bertz CT molecular complexity index is 749. The second-order valence-electron chi connectivity index (χ2n) is 4.91. The predicted octanol–water partition coefficient (Wildman–Crippen LogP) is 4.37. The van der Waals surface area contributed by atoms with Crippen LogP contribution in [0.25, 0.3) is 21.9 Å². The van der Waals surface area contributed by atoms with Crippen molar-refractivity contribution < 1.29 is 4.39 Å². The van der Waals surface area contributed by atoms with E-state index in [1.165, 1.54) is 11.5 Å². The first kappa shape index (κ1) is 12.8. The fourth-order valence-electron chi connectivity index (χ4n) is 2.46. The lowest BCUT2D eigenvalue weighted by Crippen LogP contribution is -2.05. The molecule has 0 saturated carbocycles. The van der Waals surface area contributed by atoms with Crippen LogP contribution in [0.15, 0.2) is 60.7 Å². The molecule has 3 rings (SSSR count). The van der Waals surface area contributed by atoms with E-state index in [0.29, 0.717) is 5.56 Å². The van der Waals surface area contributed by atoms with Gasteiger partial charge in [-0.15, -0.1) is 0 Å². The zero-order valence-corrected chi connectivity index (χ0v) is 11.4. The minimum atomic E-state index is -0.180. The zero-order chi connectivity index (χ0) is 13.9. The van der Waals surface area contributed by atoms with Crippen molar-refractivity contribution in [2.45, 2.75) is 6.54 Å². The van der Waals surface area contributed by atoms with Crippen LogP contribution >= 0.6 is 0 Å². The van der Waals surface area contributed by atoms with Gasteiger partial charge in [0.05, 0.1) is 0 Å². The van der Waals surface area contributed by atoms with Crippen LogP contribution < -0.4 is 5.32 Å². The first-order valence-electron chi connectivity index (χ1n) is 6.70. The summed E-state index contributed by atoms with van der Waals surface area (Å²) in [5.74, 6) is -0.180. The number of fused-ring (bicyclic) bond motifs is 1. The zero-order valence-electron chi connectivity index (χ0n) is 11.4. The highest BCUT2D eigenvalue weighted by atomic mass is 19.1. The molecule has 0 aliphatic rings. The summed E-state index contributed by atoms with van der Waals surface area (Å²) in [6.07, 6.45) is 0. The number of halogens is 1. The van der Waals surface area contributed by atoms with Gasteiger partial charge in [0.15, 0.2) is 0 Å². The Morgan fingerprint density at radius 2 is 1.70 bits per heavy atom. The van der Waals surface area contributed by atoms with Crippen LogP contribution in [-0.4, -0.2) is 7.05 Å². The van der Waals surface area contributed by atoms with Crippen molar-refractivity contribution in [2.75, 3.05) is 7.05 Å². The highest BCUT2D eigenvalue weighted by molar-refractivity contribution is 5.87. The first-order valence-corrected chi connectivity index (χ1v) is 6.70. The SMILES string of the molecule is CNCc1ccc(F)c(-c2ccc3ccccc3c2)c1. The molecule has 1 N–H and O–H groups in total. The summed E-state index contributed by atoms with van der Waals surface area (Å²) in [7, 11) is 1.89. The highest BCUT2D eigenvalue weighted by Gasteiger charge is 2.07. The molecular weight excluding hydrogens is 249 g/mol. The molecule has 1 nitrogen and oxygen atoms in total. The lowest BCUT2D eigenvalue weighted by atomic mass is 9.99. The Kier molecular flexibility index (Phi) is 3.48. The number of hydrogen-bond acceptors (Lipinski definition) is 1. The lowest BCUT2D eigenvalue weighted by Gasteiger charge is -2.08. The van der Waals surface area contributed by atoms with E-state index < -0.39 is 0 Å². The van der Waals surface area contributed by atoms with Gasteiger partial charge in [-0.25, -0.2) is 4.39 Å². The molecule has 0 radical (unpaired) electrons. The number of hydrogen-bond donors (Lipinski definition) is 1. The first-order chi connectivity index (χ1) is 9.78. The van der Waals surface area contributed by atoms with Crippen LogP contribution in [-0.2, 0) is 6.54 Å². The molecule has 0 aromatic heterocycles. The summed E-state index contributed by atoms with van der Waals surface area (Å²) >= 11 is 0. The highest BCUT2D eigenvalue weighted by Crippen LogP contribution is 2.27. The van der Waals surface area contributed by atoms with E-state index in [9.17, 15) is 4.39 Å². The van der Waals surface area contributed by atoms with Crippen molar-refractivity contribution in [1.82, 2.24) is 5.32 Å². The molecule has 0 atom stereocenters. The van der Waals surface area contributed by atoms with Crippen molar-refractivity contribution in [3.8, 4) is 11.1 Å². The summed E-state index contributed by atoms with van der Waals surface area (Å²) in [4.78, 5) is 0. The van der Waals surface area contributed by atoms with Gasteiger partial charge in [0.1, 0.15) is 5.82 Å². The molecule has 20 heavy (non-hydrogen) atoms. The Balaban J connectivity index is 2.12. The summed E-state index contributed by atoms with van der Waals surface area (Å²) < 4.78 is 14.1. The van der Waals surface area contributed by atoms with Gasteiger partial charge in [0.2, 0.25) is 0 Å². The van der Waals surface area contributed by atoms with Gasteiger partial charge < -0.3 is 5.32 Å². The Morgan fingerprint density at radius 3 is 2.50 bits per heavy atom. The fraction of sp³-hybridized carbons (Fsp3) is 0.111. The second-order valence-corrected chi connectivity index (χ2v) is 4.91. The maximum absolute atomic E-state index is 14.1. The number of rotatable bonds is 3. The van der Waals surface area contributed by atoms with E-state index in [1.807, 2.05) is 55.6 Å². The summed E-state index contributed by atoms with van der Waals surface area (Å²) in [5.41, 5.74) is 2.65. The topological polar surface area (TPSA) is 12.0 Å². The molecular formula is C18H16FN. The van der Waals surface area contributed by atoms with Gasteiger partial charge >= 0.3 is 0 Å². The molecule has 0 bridgehead atoms. The normalized spacial score (nSPS) is 10.9. The van der Waals surface area contributed by atoms with Crippen molar-refractivity contribution in [1.29, 1.82) is 0 Å². The van der Waals surface area contributed by atoms with Gasteiger partial charge in [0, 0.05) is 12.1 Å². The third-order valence-electron chi connectivity index (χ3n) is 3.47. The maximum Gasteiger partial charge on any atom is 0.131 e. The minimum absolute atomic E-state index is 0.180. The summed E-state index contributed by atoms with van der Waals surface area (Å²) in [6.45, 7) is 0.737. The van der Waals surface area contributed by atoms with Gasteiger partial charge in [-0.05, 0) is 47.1 Å². The molecule has 0 unspecified atom stereocenters. The standard InChI is InChI=1S/C18H16FN/c1-20-12-13-6-9-18(19)17(10-13)16-8-7-14-4-2-3-5-15(14)11-16/h2-11,20H,12H2,1H3. The fourth-order valence-corrected chi connectivity index (χ4v) is 2.46. The van der Waals surface area contributed by atoms with Crippen LogP contribution in [0.5, 0.6) is 0 Å². The van der Waals surface area contributed by atoms with E-state index >= 15 is 0 Å². The largest absolute Gasteiger partial charge is 0.316 e. The third-order valence-corrected chi connectivity index (χ3v) is 3.47. The molecule has 2 heteroatoms. The molecule has 100 valence electrons. The van der Waals surface area contributed by atoms with Gasteiger partial charge in [-0.2, -0.15) is 0 Å². The van der Waals surface area contributed by atoms with Crippen LogP contribution in [0.2, 0.25) is 0 Å². The number of benzene rings is 3. The van der Waals surface area contributed by atoms with Gasteiger partial charge in [0.25, 0.3) is 0 Å². The van der Waals surface area contributed by atoms with Gasteiger partial charge in [-0.3, -0.25) is 0 Å². The average molecular weight is 265 g/mol. The summed E-state index contributed by atoms with van der Waals surface area (Å²) in [6, 6.07) is 19.4. The molecule has 3 aromatic rings. The van der Waals surface area contributed by atoms with Crippen LogP contribution in [0.4, 0.5) is 4.39 Å². The Hall–Kier alpha value is -2.19. The molecule has 0 spiro atoms. The summed E-state index contributed by atoms with van der Waals surface area (Å²) in [5, 5.41) is 5.39. The van der Waals surface area contributed by atoms with E-state index in [0.717, 1.165) is 23.1 Å². The third kappa shape index (κ3) is 2.43. The quantitative estimate of drug-likeness (QED) is 0.741. The monoisotopic (exact) mass is 265 g/mol. The maximum atomic E-state index is 14.1. The smallest absolute Gasteiger partial charge is 0.131 e. The second kappa shape index (κ2) is 5.43. The predicted molar refractivity (Wildman–Crippen MR) is 82.1 cm³/mol. The number of nitrogens with one attached hydrogen (secondary N) is 1. The Labute approximate surface area is 118 Å². The van der Waals surface area contributed by atoms with E-state index in [2.05, 4.69) is 11.4 Å². The lowest BCUT2D eigenvalue weighted by molar-refractivity contribution is 0.630. The molecule has 0 heterocycles. The molecule has 3 aromatic carbocycles. The Morgan fingerprint density at radius 1 is 0.900 bits per heavy atom. The molecule has 0 fully saturated rings. The van der Waals surface area contributed by atoms with Crippen LogP contribution in [0.3, 0.4) is 0 Å². The van der Waals surface area contributed by atoms with Gasteiger partial charge in [-0.1, -0.05) is 42.5 Å². The van der Waals surface area contributed by atoms with E-state index in [4.69, 9.17) is 0 Å². The average Bonchev–Trinajstić information content (AvgIpc) is 2.49. The molecule has 0 aliphatic carbocycles. The van der Waals surface area contributed by atoms with Crippen molar-refractivity contribution in [3.63, 3.8) is 0 Å². The van der Waals surface area contributed by atoms with Crippen LogP contribution in [0.1, 0.15) is 5.56 Å². The van der Waals surface area contributed by atoms with Crippen LogP contribution in [0, 0.1) is 5.82 Å². The molecule has 0 saturated heterocycles. The van der Waals surface area contributed by atoms with Crippen molar-refractivity contribution in [2.24, 2.45) is 0 Å². The van der Waals surface area contributed by atoms with Crippen molar-refractivity contribution >= 4 is 10.8 Å². The van der Waals surface area contributed by atoms with E-state index in [1.54, 1.807) is 0 Å². The molecule has 0 amide bonds.